The molecule has 86 valence electrons. The van der Waals surface area contributed by atoms with Gasteiger partial charge in [0.1, 0.15) is 0 Å². The van der Waals surface area contributed by atoms with E-state index in [4.69, 9.17) is 9.47 Å². The summed E-state index contributed by atoms with van der Waals surface area (Å²) in [4.78, 5) is 11.2. The van der Waals surface area contributed by atoms with E-state index < -0.39 is 0 Å². The number of alkyl halides is 1. The van der Waals surface area contributed by atoms with Gasteiger partial charge in [0.25, 0.3) is 0 Å². The number of rotatable bonds is 3. The molecule has 0 bridgehead atoms. The fraction of sp³-hybridized carbons (Fsp3) is 0.364. The van der Waals surface area contributed by atoms with Crippen molar-refractivity contribution in [2.75, 3.05) is 12.1 Å². The quantitative estimate of drug-likeness (QED) is 0.864. The number of fused-ring (bicyclic) bond motifs is 1. The molecule has 4 nitrogen and oxygen atoms in total. The van der Waals surface area contributed by atoms with Crippen LogP contribution in [0.1, 0.15) is 18.5 Å². The van der Waals surface area contributed by atoms with Crippen molar-refractivity contribution in [3.63, 3.8) is 0 Å². The van der Waals surface area contributed by atoms with E-state index >= 15 is 0 Å². The van der Waals surface area contributed by atoms with E-state index in [1.54, 1.807) is 0 Å². The Labute approximate surface area is 102 Å². The third-order valence-electron chi connectivity index (χ3n) is 2.40. The average Bonchev–Trinajstić information content (AvgIpc) is 2.75. The first-order valence-electron chi connectivity index (χ1n) is 4.95. The molecular formula is C11H12BrNO3. The minimum atomic E-state index is -0.0421. The number of nitrogens with one attached hydrogen (secondary N) is 1. The van der Waals surface area contributed by atoms with Gasteiger partial charge in [-0.05, 0) is 24.6 Å². The molecule has 1 amide bonds. The highest BCUT2D eigenvalue weighted by Crippen LogP contribution is 2.34. The Morgan fingerprint density at radius 1 is 1.50 bits per heavy atom. The minimum Gasteiger partial charge on any atom is -0.454 e. The topological polar surface area (TPSA) is 47.6 Å². The number of hydrogen-bond acceptors (Lipinski definition) is 3. The van der Waals surface area contributed by atoms with Crippen molar-refractivity contribution in [1.82, 2.24) is 5.32 Å². The van der Waals surface area contributed by atoms with Crippen molar-refractivity contribution in [3.05, 3.63) is 23.8 Å². The zero-order valence-corrected chi connectivity index (χ0v) is 10.4. The van der Waals surface area contributed by atoms with Crippen molar-refractivity contribution in [1.29, 1.82) is 0 Å². The Kier molecular flexibility index (Phi) is 3.33. The van der Waals surface area contributed by atoms with Crippen LogP contribution in [0.5, 0.6) is 11.5 Å². The molecule has 1 atom stereocenters. The molecule has 1 heterocycles. The zero-order valence-electron chi connectivity index (χ0n) is 8.83. The summed E-state index contributed by atoms with van der Waals surface area (Å²) in [5, 5.41) is 3.16. The standard InChI is InChI=1S/C11H12BrNO3/c1-7(13-11(14)5-12)8-2-3-9-10(4-8)16-6-15-9/h2-4,7H,5-6H2,1H3,(H,13,14). The molecule has 0 spiro atoms. The second-order valence-electron chi connectivity index (χ2n) is 3.54. The van der Waals surface area contributed by atoms with E-state index in [2.05, 4.69) is 21.2 Å². The van der Waals surface area contributed by atoms with Gasteiger partial charge in [0, 0.05) is 0 Å². The Morgan fingerprint density at radius 2 is 2.25 bits per heavy atom. The fourth-order valence-electron chi connectivity index (χ4n) is 1.55. The van der Waals surface area contributed by atoms with Gasteiger partial charge in [0.2, 0.25) is 12.7 Å². The molecule has 0 fully saturated rings. The van der Waals surface area contributed by atoms with Crippen molar-refractivity contribution < 1.29 is 14.3 Å². The van der Waals surface area contributed by atoms with Gasteiger partial charge < -0.3 is 14.8 Å². The van der Waals surface area contributed by atoms with E-state index in [1.165, 1.54) is 0 Å². The van der Waals surface area contributed by atoms with Gasteiger partial charge in [-0.25, -0.2) is 0 Å². The van der Waals surface area contributed by atoms with Gasteiger partial charge in [0.15, 0.2) is 11.5 Å². The van der Waals surface area contributed by atoms with E-state index in [1.807, 2.05) is 25.1 Å². The number of ether oxygens (including phenoxy) is 2. The normalized spacial score (nSPS) is 14.6. The summed E-state index contributed by atoms with van der Waals surface area (Å²) in [5.74, 6) is 1.45. The first-order valence-corrected chi connectivity index (χ1v) is 6.07. The summed E-state index contributed by atoms with van der Waals surface area (Å²) in [6.45, 7) is 2.19. The number of carbonyl (C=O) groups excluding carboxylic acids is 1. The summed E-state index contributed by atoms with van der Waals surface area (Å²) in [6, 6.07) is 5.63. The van der Waals surface area contributed by atoms with Crippen LogP contribution in [0.4, 0.5) is 0 Å². The van der Waals surface area contributed by atoms with Gasteiger partial charge in [-0.2, -0.15) is 0 Å². The monoisotopic (exact) mass is 285 g/mol. The van der Waals surface area contributed by atoms with E-state index in [0.717, 1.165) is 17.1 Å². The molecule has 0 saturated carbocycles. The second-order valence-corrected chi connectivity index (χ2v) is 4.10. The number of benzene rings is 1. The average molecular weight is 286 g/mol. The van der Waals surface area contributed by atoms with Crippen LogP contribution in [0, 0.1) is 0 Å². The summed E-state index contributed by atoms with van der Waals surface area (Å²) in [7, 11) is 0. The maximum absolute atomic E-state index is 11.2. The SMILES string of the molecule is CC(NC(=O)CBr)c1ccc2c(c1)OCO2. The van der Waals surface area contributed by atoms with Crippen LogP contribution in [0.3, 0.4) is 0 Å². The lowest BCUT2D eigenvalue weighted by molar-refractivity contribution is -0.119. The number of amides is 1. The molecule has 0 radical (unpaired) electrons. The lowest BCUT2D eigenvalue weighted by Crippen LogP contribution is -2.27. The van der Waals surface area contributed by atoms with E-state index in [-0.39, 0.29) is 18.7 Å². The van der Waals surface area contributed by atoms with Gasteiger partial charge in [-0.15, -0.1) is 0 Å². The molecule has 1 aliphatic heterocycles. The highest BCUT2D eigenvalue weighted by atomic mass is 79.9. The van der Waals surface area contributed by atoms with Crippen molar-refractivity contribution >= 4 is 21.8 Å². The number of carbonyl (C=O) groups is 1. The second kappa shape index (κ2) is 4.74. The van der Waals surface area contributed by atoms with Crippen LogP contribution >= 0.6 is 15.9 Å². The van der Waals surface area contributed by atoms with Gasteiger partial charge in [-0.3, -0.25) is 4.79 Å². The Bertz CT molecular complexity index is 408. The molecule has 0 saturated heterocycles. The van der Waals surface area contributed by atoms with Gasteiger partial charge >= 0.3 is 0 Å². The van der Waals surface area contributed by atoms with Gasteiger partial charge in [0.05, 0.1) is 11.4 Å². The van der Waals surface area contributed by atoms with E-state index in [0.29, 0.717) is 5.33 Å². The molecule has 1 unspecified atom stereocenters. The van der Waals surface area contributed by atoms with Crippen LogP contribution in [0.15, 0.2) is 18.2 Å². The third kappa shape index (κ3) is 2.29. The molecule has 1 aliphatic rings. The van der Waals surface area contributed by atoms with Crippen LogP contribution in [0.25, 0.3) is 0 Å². The van der Waals surface area contributed by atoms with Crippen molar-refractivity contribution in [2.24, 2.45) is 0 Å². The van der Waals surface area contributed by atoms with E-state index in [9.17, 15) is 4.79 Å². The molecular weight excluding hydrogens is 274 g/mol. The third-order valence-corrected chi connectivity index (χ3v) is 2.90. The smallest absolute Gasteiger partial charge is 0.231 e. The zero-order chi connectivity index (χ0) is 11.5. The predicted octanol–water partition coefficient (Wildman–Crippen LogP) is 1.99. The highest BCUT2D eigenvalue weighted by Gasteiger charge is 2.16. The summed E-state index contributed by atoms with van der Waals surface area (Å²) >= 11 is 3.11. The Morgan fingerprint density at radius 3 is 3.00 bits per heavy atom. The Balaban J connectivity index is 2.12. The van der Waals surface area contributed by atoms with Crippen LogP contribution in [-0.4, -0.2) is 18.0 Å². The molecule has 1 aromatic rings. The molecule has 0 aromatic heterocycles. The molecule has 16 heavy (non-hydrogen) atoms. The Hall–Kier alpha value is -1.23. The highest BCUT2D eigenvalue weighted by molar-refractivity contribution is 9.09. The fourth-order valence-corrected chi connectivity index (χ4v) is 1.71. The van der Waals surface area contributed by atoms with Gasteiger partial charge in [-0.1, -0.05) is 22.0 Å². The largest absolute Gasteiger partial charge is 0.454 e. The first-order chi connectivity index (χ1) is 7.70. The molecule has 5 heteroatoms. The maximum Gasteiger partial charge on any atom is 0.231 e. The summed E-state index contributed by atoms with van der Waals surface area (Å²) in [5.41, 5.74) is 0.999. The summed E-state index contributed by atoms with van der Waals surface area (Å²) in [6.07, 6.45) is 0. The lowest BCUT2D eigenvalue weighted by atomic mass is 10.1. The molecule has 2 rings (SSSR count). The molecule has 0 aliphatic carbocycles. The molecule has 1 N–H and O–H groups in total. The predicted molar refractivity (Wildman–Crippen MR) is 62.9 cm³/mol. The van der Waals surface area contributed by atoms with Crippen molar-refractivity contribution in [2.45, 2.75) is 13.0 Å². The van der Waals surface area contributed by atoms with Crippen molar-refractivity contribution in [3.8, 4) is 11.5 Å². The summed E-state index contributed by atoms with van der Waals surface area (Å²) < 4.78 is 10.5. The number of hydrogen-bond donors (Lipinski definition) is 1. The van der Waals surface area contributed by atoms with Crippen LogP contribution < -0.4 is 14.8 Å². The van der Waals surface area contributed by atoms with Crippen LogP contribution in [-0.2, 0) is 4.79 Å². The van der Waals surface area contributed by atoms with Crippen LogP contribution in [0.2, 0.25) is 0 Å². The minimum absolute atomic E-state index is 0.0369. The maximum atomic E-state index is 11.2. The number of halogens is 1. The first kappa shape index (κ1) is 11.3. The lowest BCUT2D eigenvalue weighted by Gasteiger charge is -2.13. The molecule has 1 aromatic carbocycles.